The van der Waals surface area contributed by atoms with Crippen molar-refractivity contribution in [3.8, 4) is 5.75 Å². The first kappa shape index (κ1) is 16.4. The summed E-state index contributed by atoms with van der Waals surface area (Å²) in [5, 5.41) is 2.84. The molecule has 0 saturated carbocycles. The Morgan fingerprint density at radius 1 is 1.19 bits per heavy atom. The number of hydrogen-bond acceptors (Lipinski definition) is 4. The summed E-state index contributed by atoms with van der Waals surface area (Å²) in [5.74, 6) is 0.252. The van der Waals surface area contributed by atoms with Gasteiger partial charge in [0.25, 0.3) is 5.91 Å². The first-order chi connectivity index (χ1) is 12.7. The molecule has 0 radical (unpaired) electrons. The van der Waals surface area contributed by atoms with Gasteiger partial charge in [-0.1, -0.05) is 12.1 Å². The van der Waals surface area contributed by atoms with Gasteiger partial charge in [0.2, 0.25) is 0 Å². The lowest BCUT2D eigenvalue weighted by Crippen LogP contribution is -2.19. The van der Waals surface area contributed by atoms with Gasteiger partial charge in [-0.2, -0.15) is 0 Å². The molecule has 7 heteroatoms. The van der Waals surface area contributed by atoms with Crippen molar-refractivity contribution >= 4 is 22.6 Å². The van der Waals surface area contributed by atoms with Crippen LogP contribution < -0.4 is 15.7 Å². The largest absolute Gasteiger partial charge is 0.490 e. The predicted molar refractivity (Wildman–Crippen MR) is 97.8 cm³/mol. The Morgan fingerprint density at radius 2 is 2.04 bits per heavy atom. The van der Waals surface area contributed by atoms with Crippen molar-refractivity contribution < 1.29 is 14.3 Å². The number of anilines is 1. The Labute approximate surface area is 149 Å². The molecule has 1 unspecified atom stereocenters. The van der Waals surface area contributed by atoms with Crippen LogP contribution in [-0.2, 0) is 4.74 Å². The third kappa shape index (κ3) is 3.48. The van der Waals surface area contributed by atoms with Gasteiger partial charge in [0, 0.05) is 12.3 Å². The Kier molecular flexibility index (Phi) is 4.45. The summed E-state index contributed by atoms with van der Waals surface area (Å²) in [6.45, 7) is 1.20. The van der Waals surface area contributed by atoms with Crippen molar-refractivity contribution in [1.29, 1.82) is 0 Å². The Hall–Kier alpha value is -3.06. The zero-order valence-electron chi connectivity index (χ0n) is 14.1. The molecule has 7 nitrogen and oxygen atoms in total. The van der Waals surface area contributed by atoms with Crippen molar-refractivity contribution in [2.45, 2.75) is 18.9 Å². The first-order valence-corrected chi connectivity index (χ1v) is 8.56. The summed E-state index contributed by atoms with van der Waals surface area (Å²) in [6.07, 6.45) is 2.10. The number of benzene rings is 2. The number of imidazole rings is 1. The van der Waals surface area contributed by atoms with Crippen LogP contribution in [0.1, 0.15) is 23.2 Å². The molecule has 1 aromatic heterocycles. The molecule has 3 aromatic rings. The number of nitrogens with one attached hydrogen (secondary N) is 3. The van der Waals surface area contributed by atoms with E-state index >= 15 is 0 Å². The van der Waals surface area contributed by atoms with Crippen molar-refractivity contribution in [1.82, 2.24) is 9.97 Å². The lowest BCUT2D eigenvalue weighted by Gasteiger charge is -2.14. The average Bonchev–Trinajstić information content (AvgIpc) is 3.28. The van der Waals surface area contributed by atoms with Crippen LogP contribution in [0.5, 0.6) is 5.75 Å². The lowest BCUT2D eigenvalue weighted by molar-refractivity contribution is 0.0673. The van der Waals surface area contributed by atoms with E-state index in [1.807, 2.05) is 6.07 Å². The van der Waals surface area contributed by atoms with Crippen LogP contribution in [0.2, 0.25) is 0 Å². The highest BCUT2D eigenvalue weighted by molar-refractivity contribution is 6.06. The normalized spacial score (nSPS) is 16.7. The molecule has 2 aromatic carbocycles. The highest BCUT2D eigenvalue weighted by Gasteiger charge is 2.18. The van der Waals surface area contributed by atoms with Gasteiger partial charge in [-0.3, -0.25) is 4.79 Å². The van der Waals surface area contributed by atoms with E-state index in [-0.39, 0.29) is 17.7 Å². The van der Waals surface area contributed by atoms with Crippen LogP contribution in [0.25, 0.3) is 11.0 Å². The first-order valence-electron chi connectivity index (χ1n) is 8.56. The summed E-state index contributed by atoms with van der Waals surface area (Å²) in [6, 6.07) is 12.3. The number of H-pyrrole nitrogens is 2. The minimum Gasteiger partial charge on any atom is -0.490 e. The summed E-state index contributed by atoms with van der Waals surface area (Å²) < 4.78 is 11.4. The molecule has 2 heterocycles. The molecule has 1 saturated heterocycles. The second kappa shape index (κ2) is 7.05. The second-order valence-electron chi connectivity index (χ2n) is 6.24. The Balaban J connectivity index is 1.50. The van der Waals surface area contributed by atoms with Crippen LogP contribution in [-0.4, -0.2) is 35.2 Å². The predicted octanol–water partition coefficient (Wildman–Crippen LogP) is 2.67. The van der Waals surface area contributed by atoms with Gasteiger partial charge in [-0.05, 0) is 43.2 Å². The van der Waals surface area contributed by atoms with Crippen molar-refractivity contribution in [2.24, 2.45) is 0 Å². The molecular formula is C19H19N3O4. The van der Waals surface area contributed by atoms with Crippen LogP contribution in [0.15, 0.2) is 47.3 Å². The molecule has 1 aliphatic heterocycles. The third-order valence-electron chi connectivity index (χ3n) is 4.35. The van der Waals surface area contributed by atoms with Gasteiger partial charge in [-0.15, -0.1) is 0 Å². The van der Waals surface area contributed by atoms with Crippen LogP contribution >= 0.6 is 0 Å². The number of aromatic amines is 2. The second-order valence-corrected chi connectivity index (χ2v) is 6.24. The highest BCUT2D eigenvalue weighted by atomic mass is 16.5. The molecular weight excluding hydrogens is 334 g/mol. The van der Waals surface area contributed by atoms with Crippen molar-refractivity contribution in [2.75, 3.05) is 18.5 Å². The van der Waals surface area contributed by atoms with E-state index in [0.717, 1.165) is 19.4 Å². The summed E-state index contributed by atoms with van der Waals surface area (Å²) >= 11 is 0. The molecule has 1 aliphatic rings. The topological polar surface area (TPSA) is 96.2 Å². The van der Waals surface area contributed by atoms with E-state index in [9.17, 15) is 9.59 Å². The average molecular weight is 353 g/mol. The number of ether oxygens (including phenoxy) is 2. The van der Waals surface area contributed by atoms with Crippen LogP contribution in [0.3, 0.4) is 0 Å². The zero-order valence-corrected chi connectivity index (χ0v) is 14.1. The minimum absolute atomic E-state index is 0.0824. The Bertz CT molecular complexity index is 986. The molecule has 0 bridgehead atoms. The zero-order chi connectivity index (χ0) is 17.9. The molecule has 3 N–H and O–H groups in total. The van der Waals surface area contributed by atoms with E-state index in [4.69, 9.17) is 9.47 Å². The van der Waals surface area contributed by atoms with Gasteiger partial charge in [-0.25, -0.2) is 4.79 Å². The Morgan fingerprint density at radius 3 is 2.88 bits per heavy atom. The standard InChI is InChI=1S/C19H19N3O4/c23-18(20-12-7-8-15-16(10-12)22-19(24)21-15)14-5-1-2-6-17(14)26-11-13-4-3-9-25-13/h1-2,5-8,10,13H,3-4,9,11H2,(H,20,23)(H2,21,22,24). The third-order valence-corrected chi connectivity index (χ3v) is 4.35. The SMILES string of the molecule is O=C(Nc1ccc2[nH]c(=O)[nH]c2c1)c1ccccc1OCC1CCCO1. The van der Waals surface area contributed by atoms with Gasteiger partial charge >= 0.3 is 5.69 Å². The molecule has 134 valence electrons. The van der Waals surface area contributed by atoms with Crippen LogP contribution in [0.4, 0.5) is 5.69 Å². The van der Waals surface area contributed by atoms with Gasteiger partial charge in [0.15, 0.2) is 0 Å². The fourth-order valence-electron chi connectivity index (χ4n) is 3.05. The van der Waals surface area contributed by atoms with E-state index in [1.165, 1.54) is 0 Å². The number of hydrogen-bond donors (Lipinski definition) is 3. The molecule has 0 spiro atoms. The molecule has 1 fully saturated rings. The maximum Gasteiger partial charge on any atom is 0.323 e. The van der Waals surface area contributed by atoms with Crippen molar-refractivity contribution in [3.05, 3.63) is 58.5 Å². The van der Waals surface area contributed by atoms with Crippen LogP contribution in [0, 0.1) is 0 Å². The number of amides is 1. The number of fused-ring (bicyclic) bond motifs is 1. The summed E-state index contributed by atoms with van der Waals surface area (Å²) in [4.78, 5) is 29.4. The molecule has 1 amide bonds. The van der Waals surface area contributed by atoms with E-state index in [1.54, 1.807) is 36.4 Å². The fraction of sp³-hybridized carbons (Fsp3) is 0.263. The van der Waals surface area contributed by atoms with E-state index in [2.05, 4.69) is 15.3 Å². The summed E-state index contributed by atoms with van der Waals surface area (Å²) in [5.41, 5.74) is 2.08. The number of carbonyl (C=O) groups is 1. The maximum absolute atomic E-state index is 12.7. The molecule has 4 rings (SSSR count). The molecule has 0 aliphatic carbocycles. The number of aromatic nitrogens is 2. The molecule has 26 heavy (non-hydrogen) atoms. The van der Waals surface area contributed by atoms with Gasteiger partial charge in [0.1, 0.15) is 12.4 Å². The number of rotatable bonds is 5. The molecule has 1 atom stereocenters. The number of carbonyl (C=O) groups excluding carboxylic acids is 1. The summed E-state index contributed by atoms with van der Waals surface area (Å²) in [7, 11) is 0. The number of para-hydroxylation sites is 1. The quantitative estimate of drug-likeness (QED) is 0.657. The fourth-order valence-corrected chi connectivity index (χ4v) is 3.05. The minimum atomic E-state index is -0.281. The monoisotopic (exact) mass is 353 g/mol. The van der Waals surface area contributed by atoms with Crippen molar-refractivity contribution in [3.63, 3.8) is 0 Å². The van der Waals surface area contributed by atoms with Gasteiger partial charge < -0.3 is 24.8 Å². The lowest BCUT2D eigenvalue weighted by atomic mass is 10.1. The van der Waals surface area contributed by atoms with Gasteiger partial charge in [0.05, 0.1) is 22.7 Å². The van der Waals surface area contributed by atoms with E-state index in [0.29, 0.717) is 34.6 Å². The smallest absolute Gasteiger partial charge is 0.323 e. The van der Waals surface area contributed by atoms with E-state index < -0.39 is 0 Å². The maximum atomic E-state index is 12.7. The highest BCUT2D eigenvalue weighted by Crippen LogP contribution is 2.22.